The number of halogens is 1. The molecule has 5 heteroatoms. The minimum absolute atomic E-state index is 0.0201. The summed E-state index contributed by atoms with van der Waals surface area (Å²) in [4.78, 5) is 0. The zero-order valence-electron chi connectivity index (χ0n) is 5.46. The van der Waals surface area contributed by atoms with E-state index >= 15 is 0 Å². The maximum absolute atomic E-state index is 10.8. The largest absolute Gasteiger partial charge is 0.329 e. The van der Waals surface area contributed by atoms with Crippen LogP contribution < -0.4 is 5.73 Å². The van der Waals surface area contributed by atoms with Crippen LogP contribution in [-0.2, 0) is 9.84 Å². The van der Waals surface area contributed by atoms with Crippen molar-refractivity contribution in [1.82, 2.24) is 0 Å². The molecule has 0 aliphatic carbocycles. The van der Waals surface area contributed by atoms with Gasteiger partial charge in [0, 0.05) is 12.1 Å². The maximum atomic E-state index is 10.8. The van der Waals surface area contributed by atoms with Crippen molar-refractivity contribution < 1.29 is 8.42 Å². The Labute approximate surface area is 65.8 Å². The van der Waals surface area contributed by atoms with Gasteiger partial charge in [-0.2, -0.15) is 0 Å². The molecule has 0 aliphatic heterocycles. The summed E-state index contributed by atoms with van der Waals surface area (Å²) in [5, 5.41) is 0. The van der Waals surface area contributed by atoms with Crippen LogP contribution in [0, 0.1) is 0 Å². The second-order valence-corrected chi connectivity index (χ2v) is 4.25. The van der Waals surface area contributed by atoms with Crippen LogP contribution in [0.3, 0.4) is 0 Å². The third-order valence-corrected chi connectivity index (χ3v) is 2.60. The summed E-state index contributed by atoms with van der Waals surface area (Å²) >= 11 is 5.13. The average molecular weight is 184 g/mol. The van der Waals surface area contributed by atoms with E-state index in [1.54, 1.807) is 0 Å². The van der Waals surface area contributed by atoms with Crippen molar-refractivity contribution in [3.8, 4) is 0 Å². The van der Waals surface area contributed by atoms with Gasteiger partial charge < -0.3 is 5.73 Å². The molecule has 2 N–H and O–H groups in total. The van der Waals surface area contributed by atoms with Crippen molar-refractivity contribution in [3.05, 3.63) is 11.6 Å². The summed E-state index contributed by atoms with van der Waals surface area (Å²) < 4.78 is 21.6. The zero-order valence-corrected chi connectivity index (χ0v) is 7.03. The Balaban J connectivity index is 3.89. The van der Waals surface area contributed by atoms with Gasteiger partial charge in [-0.15, -0.1) is 0 Å². The van der Waals surface area contributed by atoms with Gasteiger partial charge in [-0.3, -0.25) is 0 Å². The molecule has 0 unspecified atom stereocenters. The normalized spacial score (nSPS) is 12.6. The standard InChI is InChI=1S/C5H10ClNO2S/c6-2-1-4-10(8,9)5-3-7/h1-2H,3-5,7H2. The number of rotatable bonds is 4. The molecule has 0 aromatic heterocycles. The lowest BCUT2D eigenvalue weighted by atomic mass is 10.8. The maximum Gasteiger partial charge on any atom is 0.155 e. The molecule has 0 fully saturated rings. The van der Waals surface area contributed by atoms with Gasteiger partial charge >= 0.3 is 0 Å². The zero-order chi connectivity index (χ0) is 8.04. The minimum Gasteiger partial charge on any atom is -0.329 e. The highest BCUT2D eigenvalue weighted by atomic mass is 35.5. The van der Waals surface area contributed by atoms with Crippen LogP contribution in [0.25, 0.3) is 0 Å². The van der Waals surface area contributed by atoms with Gasteiger partial charge in [-0.05, 0) is 0 Å². The first-order chi connectivity index (χ1) is 4.62. The molecular formula is C5H10ClNO2S. The van der Waals surface area contributed by atoms with Crippen molar-refractivity contribution in [2.45, 2.75) is 0 Å². The molecule has 0 bridgehead atoms. The lowest BCUT2D eigenvalue weighted by Gasteiger charge is -1.95. The van der Waals surface area contributed by atoms with E-state index in [1.165, 1.54) is 11.6 Å². The second-order valence-electron chi connectivity index (χ2n) is 1.76. The summed E-state index contributed by atoms with van der Waals surface area (Å²) in [6.45, 7) is 0.165. The summed E-state index contributed by atoms with van der Waals surface area (Å²) in [5.41, 5.74) is 6.24. The van der Waals surface area contributed by atoms with Crippen LogP contribution in [0.2, 0.25) is 0 Å². The van der Waals surface area contributed by atoms with Crippen LogP contribution >= 0.6 is 11.6 Å². The molecule has 0 radical (unpaired) electrons. The predicted molar refractivity (Wildman–Crippen MR) is 42.7 cm³/mol. The summed E-state index contributed by atoms with van der Waals surface area (Å²) in [6.07, 6.45) is 1.38. The molecule has 0 aliphatic rings. The molecule has 3 nitrogen and oxygen atoms in total. The fraction of sp³-hybridized carbons (Fsp3) is 0.600. The third-order valence-electron chi connectivity index (χ3n) is 0.868. The van der Waals surface area contributed by atoms with Gasteiger partial charge in [0.25, 0.3) is 0 Å². The van der Waals surface area contributed by atoms with Gasteiger partial charge in [-0.25, -0.2) is 8.42 Å². The Morgan fingerprint density at radius 2 is 2.10 bits per heavy atom. The van der Waals surface area contributed by atoms with Gasteiger partial charge in [0.05, 0.1) is 11.5 Å². The average Bonchev–Trinajstić information content (AvgIpc) is 1.84. The van der Waals surface area contributed by atoms with Crippen LogP contribution in [0.5, 0.6) is 0 Å². The number of sulfone groups is 1. The molecule has 0 saturated heterocycles. The van der Waals surface area contributed by atoms with Crippen molar-refractivity contribution in [3.63, 3.8) is 0 Å². The SMILES string of the molecule is NCCS(=O)(=O)CC=CCl. The van der Waals surface area contributed by atoms with Gasteiger partial charge in [0.2, 0.25) is 0 Å². The first-order valence-corrected chi connectivity index (χ1v) is 5.04. The van der Waals surface area contributed by atoms with Crippen molar-refractivity contribution in [1.29, 1.82) is 0 Å². The fourth-order valence-electron chi connectivity index (χ4n) is 0.446. The summed E-state index contributed by atoms with van der Waals surface area (Å²) in [6, 6.07) is 0. The van der Waals surface area contributed by atoms with Crippen molar-refractivity contribution in [2.24, 2.45) is 5.73 Å². The van der Waals surface area contributed by atoms with E-state index < -0.39 is 9.84 Å². The summed E-state index contributed by atoms with van der Waals surface area (Å²) in [7, 11) is -2.99. The molecule has 0 amide bonds. The highest BCUT2D eigenvalue weighted by Gasteiger charge is 2.04. The van der Waals surface area contributed by atoms with Crippen LogP contribution in [0.1, 0.15) is 0 Å². The number of nitrogens with two attached hydrogens (primary N) is 1. The van der Waals surface area contributed by atoms with E-state index in [4.69, 9.17) is 17.3 Å². The molecule has 10 heavy (non-hydrogen) atoms. The minimum atomic E-state index is -2.99. The quantitative estimate of drug-likeness (QED) is 0.673. The highest BCUT2D eigenvalue weighted by molar-refractivity contribution is 7.91. The molecule has 0 aromatic rings. The molecule has 0 atom stereocenters. The van der Waals surface area contributed by atoms with Crippen molar-refractivity contribution in [2.75, 3.05) is 18.1 Å². The lowest BCUT2D eigenvalue weighted by molar-refractivity contribution is 0.599. The Kier molecular flexibility index (Phi) is 4.68. The van der Waals surface area contributed by atoms with Gasteiger partial charge in [0.1, 0.15) is 0 Å². The van der Waals surface area contributed by atoms with E-state index in [-0.39, 0.29) is 18.1 Å². The van der Waals surface area contributed by atoms with E-state index in [2.05, 4.69) is 0 Å². The molecule has 0 heterocycles. The molecule has 0 aromatic carbocycles. The van der Waals surface area contributed by atoms with Gasteiger partial charge in [0.15, 0.2) is 9.84 Å². The van der Waals surface area contributed by atoms with E-state index in [0.29, 0.717) is 0 Å². The number of hydrogen-bond acceptors (Lipinski definition) is 3. The Hall–Kier alpha value is -0.0600. The third kappa shape index (κ3) is 4.78. The smallest absolute Gasteiger partial charge is 0.155 e. The predicted octanol–water partition coefficient (Wildman–Crippen LogP) is 0.112. The van der Waals surface area contributed by atoms with E-state index in [9.17, 15) is 8.42 Å². The molecule has 0 saturated carbocycles. The van der Waals surface area contributed by atoms with Crippen molar-refractivity contribution >= 4 is 21.4 Å². The van der Waals surface area contributed by atoms with Crippen LogP contribution in [-0.4, -0.2) is 26.5 Å². The van der Waals surface area contributed by atoms with E-state index in [1.807, 2.05) is 0 Å². The lowest BCUT2D eigenvalue weighted by Crippen LogP contribution is -2.17. The Bertz CT molecular complexity index is 198. The monoisotopic (exact) mass is 183 g/mol. The van der Waals surface area contributed by atoms with Crippen LogP contribution in [0.15, 0.2) is 11.6 Å². The van der Waals surface area contributed by atoms with E-state index in [0.717, 1.165) is 0 Å². The summed E-state index contributed by atoms with van der Waals surface area (Å²) in [5.74, 6) is 0.00191. The topological polar surface area (TPSA) is 60.2 Å². The second kappa shape index (κ2) is 4.71. The molecule has 0 spiro atoms. The molecule has 0 rings (SSSR count). The van der Waals surface area contributed by atoms with Crippen LogP contribution in [0.4, 0.5) is 0 Å². The molecule has 60 valence electrons. The Morgan fingerprint density at radius 3 is 2.50 bits per heavy atom. The Morgan fingerprint density at radius 1 is 1.50 bits per heavy atom. The number of hydrogen-bond donors (Lipinski definition) is 1. The first kappa shape index (κ1) is 9.94. The first-order valence-electron chi connectivity index (χ1n) is 2.78. The fourth-order valence-corrected chi connectivity index (χ4v) is 1.56. The van der Waals surface area contributed by atoms with Gasteiger partial charge in [-0.1, -0.05) is 17.7 Å². The molecular weight excluding hydrogens is 174 g/mol. The highest BCUT2D eigenvalue weighted by Crippen LogP contribution is 1.90.